The average molecular weight is 440 g/mol. The Bertz CT molecular complexity index is 1600. The van der Waals surface area contributed by atoms with Crippen LogP contribution in [0.15, 0.2) is 115 Å². The van der Waals surface area contributed by atoms with Crippen molar-refractivity contribution in [1.29, 1.82) is 0 Å². The SMILES string of the molecule is [B]c1cccc(N2c3cc([B])ccc3B3c4ccccc4N(c4ccccc4)c4cccc2c43)c1. The van der Waals surface area contributed by atoms with E-state index >= 15 is 0 Å². The Balaban J connectivity index is 1.58. The van der Waals surface area contributed by atoms with Crippen molar-refractivity contribution in [2.75, 3.05) is 9.80 Å². The van der Waals surface area contributed by atoms with E-state index in [2.05, 4.69) is 101 Å². The fourth-order valence-corrected chi connectivity index (χ4v) is 5.70. The Kier molecular flexibility index (Phi) is 4.47. The van der Waals surface area contributed by atoms with Gasteiger partial charge in [-0.05, 0) is 64.9 Å². The van der Waals surface area contributed by atoms with Crippen molar-refractivity contribution in [3.8, 4) is 0 Å². The van der Waals surface area contributed by atoms with Gasteiger partial charge in [0, 0.05) is 34.1 Å². The van der Waals surface area contributed by atoms with Crippen LogP contribution in [0.1, 0.15) is 0 Å². The zero-order valence-electron chi connectivity index (χ0n) is 19.1. The van der Waals surface area contributed by atoms with E-state index in [0.717, 1.165) is 33.7 Å². The number of fused-ring (bicyclic) bond motifs is 4. The Morgan fingerprint density at radius 1 is 0.457 bits per heavy atom. The van der Waals surface area contributed by atoms with Gasteiger partial charge in [-0.2, -0.15) is 0 Å². The summed E-state index contributed by atoms with van der Waals surface area (Å²) in [5.74, 6) is 0. The molecule has 5 aromatic rings. The number of hydrogen-bond acceptors (Lipinski definition) is 2. The third-order valence-electron chi connectivity index (χ3n) is 7.07. The molecule has 2 heterocycles. The minimum atomic E-state index is 0.102. The maximum atomic E-state index is 6.34. The van der Waals surface area contributed by atoms with E-state index < -0.39 is 0 Å². The van der Waals surface area contributed by atoms with Gasteiger partial charge in [-0.1, -0.05) is 77.7 Å². The third-order valence-corrected chi connectivity index (χ3v) is 7.07. The molecule has 4 radical (unpaired) electrons. The molecule has 35 heavy (non-hydrogen) atoms. The van der Waals surface area contributed by atoms with Gasteiger partial charge < -0.3 is 9.80 Å². The third kappa shape index (κ3) is 3.01. The zero-order valence-corrected chi connectivity index (χ0v) is 19.1. The smallest absolute Gasteiger partial charge is 0.252 e. The molecule has 0 spiro atoms. The summed E-state index contributed by atoms with van der Waals surface area (Å²) < 4.78 is 0. The predicted octanol–water partition coefficient (Wildman–Crippen LogP) is 3.36. The first-order valence-electron chi connectivity index (χ1n) is 11.8. The van der Waals surface area contributed by atoms with E-state index in [0.29, 0.717) is 0 Å². The van der Waals surface area contributed by atoms with Gasteiger partial charge in [-0.25, -0.2) is 0 Å². The Morgan fingerprint density at radius 3 is 1.86 bits per heavy atom. The molecule has 0 bridgehead atoms. The Hall–Kier alpha value is -4.11. The van der Waals surface area contributed by atoms with E-state index in [-0.39, 0.29) is 6.71 Å². The summed E-state index contributed by atoms with van der Waals surface area (Å²) in [4.78, 5) is 4.68. The lowest BCUT2D eigenvalue weighted by Gasteiger charge is -2.44. The molecule has 158 valence electrons. The highest BCUT2D eigenvalue weighted by Gasteiger charge is 2.42. The van der Waals surface area contributed by atoms with Gasteiger partial charge in [0.05, 0.1) is 0 Å². The molecule has 5 heteroatoms. The van der Waals surface area contributed by atoms with Gasteiger partial charge in [-0.15, -0.1) is 0 Å². The molecule has 0 amide bonds. The maximum absolute atomic E-state index is 6.34. The molecule has 5 aromatic carbocycles. The highest BCUT2D eigenvalue weighted by Crippen LogP contribution is 2.42. The second-order valence-electron chi connectivity index (χ2n) is 9.12. The van der Waals surface area contributed by atoms with Gasteiger partial charge in [-0.3, -0.25) is 0 Å². The Morgan fingerprint density at radius 2 is 1.06 bits per heavy atom. The van der Waals surface area contributed by atoms with Gasteiger partial charge in [0.25, 0.3) is 6.71 Å². The Labute approximate surface area is 208 Å². The number of benzene rings is 5. The summed E-state index contributed by atoms with van der Waals surface area (Å²) in [6.45, 7) is 0.102. The van der Waals surface area contributed by atoms with E-state index in [1.54, 1.807) is 0 Å². The lowest BCUT2D eigenvalue weighted by atomic mass is 9.33. The lowest BCUT2D eigenvalue weighted by molar-refractivity contribution is 1.26. The van der Waals surface area contributed by atoms with Crippen LogP contribution in [-0.4, -0.2) is 22.4 Å². The van der Waals surface area contributed by atoms with Crippen molar-refractivity contribution in [2.45, 2.75) is 0 Å². The van der Waals surface area contributed by atoms with Crippen LogP contribution in [0.5, 0.6) is 0 Å². The second kappa shape index (κ2) is 7.71. The fourth-order valence-electron chi connectivity index (χ4n) is 5.70. The number of hydrogen-bond donors (Lipinski definition) is 0. The van der Waals surface area contributed by atoms with Crippen LogP contribution in [0.2, 0.25) is 0 Å². The molecule has 0 aromatic heterocycles. The van der Waals surface area contributed by atoms with E-state index in [1.165, 1.54) is 27.8 Å². The summed E-state index contributed by atoms with van der Waals surface area (Å²) in [5, 5.41) is 0. The highest BCUT2D eigenvalue weighted by molar-refractivity contribution is 7.00. The average Bonchev–Trinajstić information content (AvgIpc) is 2.89. The minimum absolute atomic E-state index is 0.102. The first-order chi connectivity index (χ1) is 17.2. The highest BCUT2D eigenvalue weighted by atomic mass is 15.2. The molecule has 2 aliphatic rings. The predicted molar refractivity (Wildman–Crippen MR) is 151 cm³/mol. The minimum Gasteiger partial charge on any atom is -0.311 e. The van der Waals surface area contributed by atoms with Crippen LogP contribution in [0.25, 0.3) is 0 Å². The molecular weight excluding hydrogens is 421 g/mol. The number of anilines is 6. The summed E-state index contributed by atoms with van der Waals surface area (Å²) in [6, 6.07) is 40.2. The van der Waals surface area contributed by atoms with Crippen molar-refractivity contribution in [2.24, 2.45) is 0 Å². The van der Waals surface area contributed by atoms with Crippen molar-refractivity contribution < 1.29 is 0 Å². The van der Waals surface area contributed by atoms with Crippen molar-refractivity contribution >= 4 is 83.8 Å². The zero-order chi connectivity index (χ0) is 23.5. The van der Waals surface area contributed by atoms with Gasteiger partial charge >= 0.3 is 0 Å². The van der Waals surface area contributed by atoms with Crippen LogP contribution < -0.4 is 37.1 Å². The molecule has 0 saturated carbocycles. The standard InChI is InChI=1S/C30H19B3N2/c31-20-8-6-11-23(18-20)35-28-15-7-14-27-30(28)33(25-17-16-21(32)19-29(25)35)24-12-4-5-13-26(24)34(27)22-9-2-1-3-10-22/h1-19H. The summed E-state index contributed by atoms with van der Waals surface area (Å²) in [7, 11) is 12.6. The first-order valence-corrected chi connectivity index (χ1v) is 11.8. The molecule has 0 aliphatic carbocycles. The largest absolute Gasteiger partial charge is 0.311 e. The summed E-state index contributed by atoms with van der Waals surface area (Å²) >= 11 is 0. The van der Waals surface area contributed by atoms with Crippen molar-refractivity contribution in [3.05, 3.63) is 115 Å². The number of para-hydroxylation sites is 2. The van der Waals surface area contributed by atoms with Crippen molar-refractivity contribution in [1.82, 2.24) is 0 Å². The van der Waals surface area contributed by atoms with E-state index in [1.807, 2.05) is 24.3 Å². The monoisotopic (exact) mass is 440 g/mol. The second-order valence-corrected chi connectivity index (χ2v) is 9.12. The molecule has 0 unspecified atom stereocenters. The molecule has 2 nitrogen and oxygen atoms in total. The van der Waals surface area contributed by atoms with Crippen LogP contribution in [-0.2, 0) is 0 Å². The van der Waals surface area contributed by atoms with Gasteiger partial charge in [0.1, 0.15) is 15.7 Å². The van der Waals surface area contributed by atoms with Gasteiger partial charge in [0.2, 0.25) is 0 Å². The summed E-state index contributed by atoms with van der Waals surface area (Å²) in [5.41, 5.74) is 12.1. The molecule has 7 rings (SSSR count). The first kappa shape index (κ1) is 20.3. The quantitative estimate of drug-likeness (QED) is 0.381. The lowest BCUT2D eigenvalue weighted by Crippen LogP contribution is -2.61. The number of nitrogens with zero attached hydrogens (tertiary/aromatic N) is 2. The fraction of sp³-hybridized carbons (Fsp3) is 0. The molecule has 0 atom stereocenters. The van der Waals surface area contributed by atoms with Crippen LogP contribution in [0.3, 0.4) is 0 Å². The summed E-state index contributed by atoms with van der Waals surface area (Å²) in [6.07, 6.45) is 0. The molecule has 0 N–H and O–H groups in total. The molecule has 0 fully saturated rings. The van der Waals surface area contributed by atoms with E-state index in [4.69, 9.17) is 15.7 Å². The molecule has 2 aliphatic heterocycles. The maximum Gasteiger partial charge on any atom is 0.252 e. The number of rotatable bonds is 2. The van der Waals surface area contributed by atoms with Crippen LogP contribution in [0, 0.1) is 0 Å². The van der Waals surface area contributed by atoms with Gasteiger partial charge in [0.15, 0.2) is 0 Å². The molecule has 0 saturated heterocycles. The van der Waals surface area contributed by atoms with Crippen LogP contribution >= 0.6 is 0 Å². The normalized spacial score (nSPS) is 13.2. The molecular formula is C30H19B3N2. The van der Waals surface area contributed by atoms with Crippen LogP contribution in [0.4, 0.5) is 34.1 Å². The van der Waals surface area contributed by atoms with E-state index in [9.17, 15) is 0 Å². The topological polar surface area (TPSA) is 6.48 Å². The van der Waals surface area contributed by atoms with Crippen molar-refractivity contribution in [3.63, 3.8) is 0 Å².